The first-order chi connectivity index (χ1) is 11.4. The molecule has 0 aliphatic carbocycles. The van der Waals surface area contributed by atoms with Crippen molar-refractivity contribution in [1.82, 2.24) is 9.55 Å². The number of pyridine rings is 1. The van der Waals surface area contributed by atoms with Crippen LogP contribution in [-0.2, 0) is 12.7 Å². The lowest BCUT2D eigenvalue weighted by Gasteiger charge is -2.09. The first kappa shape index (κ1) is 16.3. The molecule has 8 heteroatoms. The van der Waals surface area contributed by atoms with Crippen molar-refractivity contribution in [2.45, 2.75) is 12.7 Å². The molecule has 0 radical (unpaired) electrons. The highest BCUT2D eigenvalue weighted by Crippen LogP contribution is 2.28. The number of aromatic nitrogens is 2. The summed E-state index contributed by atoms with van der Waals surface area (Å²) in [5, 5.41) is 5.41. The molecular formula is C16H12F3N3OS. The highest BCUT2D eigenvalue weighted by atomic mass is 32.1. The summed E-state index contributed by atoms with van der Waals surface area (Å²) in [7, 11) is 0. The molecule has 0 unspecified atom stereocenters. The third-order valence-electron chi connectivity index (χ3n) is 3.22. The molecule has 0 spiro atoms. The number of nitrogens with zero attached hydrogens (tertiary/aromatic N) is 2. The lowest BCUT2D eigenvalue weighted by atomic mass is 10.2. The molecule has 3 rings (SSSR count). The molecule has 0 fully saturated rings. The summed E-state index contributed by atoms with van der Waals surface area (Å²) >= 11 is 1.32. The van der Waals surface area contributed by atoms with Crippen molar-refractivity contribution in [2.75, 3.05) is 5.32 Å². The molecule has 0 aliphatic rings. The number of thiazole rings is 1. The number of hydrogen-bond donors (Lipinski definition) is 1. The maximum atomic E-state index is 12.7. The van der Waals surface area contributed by atoms with E-state index in [1.165, 1.54) is 11.3 Å². The average molecular weight is 351 g/mol. The summed E-state index contributed by atoms with van der Waals surface area (Å²) in [6.45, 7) is -0.0181. The molecule has 0 saturated carbocycles. The van der Waals surface area contributed by atoms with Crippen LogP contribution in [-0.4, -0.2) is 9.55 Å². The Labute approximate surface area is 139 Å². The summed E-state index contributed by atoms with van der Waals surface area (Å²) in [4.78, 5) is 16.1. The summed E-state index contributed by atoms with van der Waals surface area (Å²) in [6, 6.07) is 11.1. The minimum atomic E-state index is -4.49. The van der Waals surface area contributed by atoms with Crippen molar-refractivity contribution in [3.05, 3.63) is 75.7 Å². The molecule has 1 N–H and O–H groups in total. The molecule has 3 aromatic rings. The number of alkyl halides is 3. The molecular weight excluding hydrogens is 339 g/mol. The topological polar surface area (TPSA) is 46.9 Å². The Balaban J connectivity index is 1.79. The van der Waals surface area contributed by atoms with Gasteiger partial charge in [0.2, 0.25) is 0 Å². The van der Waals surface area contributed by atoms with Gasteiger partial charge in [0, 0.05) is 23.3 Å². The third-order valence-corrected chi connectivity index (χ3v) is 4.03. The molecule has 1 aromatic carbocycles. The van der Waals surface area contributed by atoms with Crippen LogP contribution in [0.2, 0.25) is 0 Å². The molecule has 0 saturated heterocycles. The number of hydrogen-bond acceptors (Lipinski definition) is 4. The van der Waals surface area contributed by atoms with Crippen molar-refractivity contribution in [2.24, 2.45) is 0 Å². The van der Waals surface area contributed by atoms with E-state index < -0.39 is 17.3 Å². The average Bonchev–Trinajstić information content (AvgIpc) is 2.96. The fraction of sp³-hybridized carbons (Fsp3) is 0.125. The Morgan fingerprint density at radius 3 is 2.58 bits per heavy atom. The normalized spacial score (nSPS) is 11.5. The number of benzene rings is 1. The van der Waals surface area contributed by atoms with Crippen molar-refractivity contribution < 1.29 is 13.2 Å². The van der Waals surface area contributed by atoms with E-state index in [-0.39, 0.29) is 6.54 Å². The summed E-state index contributed by atoms with van der Waals surface area (Å²) in [5.41, 5.74) is 0.00280. The van der Waals surface area contributed by atoms with Crippen LogP contribution in [0.3, 0.4) is 0 Å². The summed E-state index contributed by atoms with van der Waals surface area (Å²) < 4.78 is 39.2. The SMILES string of the molecule is O=c1ccc(C(F)(F)F)cn1Cc1csc(Nc2ccccc2)n1. The summed E-state index contributed by atoms with van der Waals surface area (Å²) in [6.07, 6.45) is -3.68. The van der Waals surface area contributed by atoms with Gasteiger partial charge in [-0.2, -0.15) is 13.2 Å². The van der Waals surface area contributed by atoms with Gasteiger partial charge in [-0.1, -0.05) is 18.2 Å². The Morgan fingerprint density at radius 2 is 1.88 bits per heavy atom. The van der Waals surface area contributed by atoms with Crippen molar-refractivity contribution >= 4 is 22.2 Å². The van der Waals surface area contributed by atoms with E-state index in [9.17, 15) is 18.0 Å². The Morgan fingerprint density at radius 1 is 1.12 bits per heavy atom. The van der Waals surface area contributed by atoms with Gasteiger partial charge in [0.25, 0.3) is 5.56 Å². The van der Waals surface area contributed by atoms with Gasteiger partial charge < -0.3 is 9.88 Å². The van der Waals surface area contributed by atoms with E-state index in [1.54, 1.807) is 5.38 Å². The van der Waals surface area contributed by atoms with Crippen LogP contribution in [0.5, 0.6) is 0 Å². The minimum Gasteiger partial charge on any atom is -0.332 e. The number of nitrogens with one attached hydrogen (secondary N) is 1. The fourth-order valence-electron chi connectivity index (χ4n) is 2.08. The smallest absolute Gasteiger partial charge is 0.332 e. The molecule has 0 amide bonds. The maximum absolute atomic E-state index is 12.7. The monoisotopic (exact) mass is 351 g/mol. The molecule has 24 heavy (non-hydrogen) atoms. The molecule has 2 aromatic heterocycles. The Bertz CT molecular complexity index is 887. The van der Waals surface area contributed by atoms with Crippen LogP contribution in [0.15, 0.2) is 58.8 Å². The molecule has 0 aliphatic heterocycles. The lowest BCUT2D eigenvalue weighted by Crippen LogP contribution is -2.22. The summed E-state index contributed by atoms with van der Waals surface area (Å²) in [5.74, 6) is 0. The fourth-order valence-corrected chi connectivity index (χ4v) is 2.80. The van der Waals surface area contributed by atoms with Gasteiger partial charge in [-0.3, -0.25) is 4.79 Å². The predicted molar refractivity (Wildman–Crippen MR) is 86.6 cm³/mol. The second-order valence-electron chi connectivity index (χ2n) is 5.02. The highest BCUT2D eigenvalue weighted by molar-refractivity contribution is 7.13. The van der Waals surface area contributed by atoms with E-state index in [2.05, 4.69) is 10.3 Å². The maximum Gasteiger partial charge on any atom is 0.417 e. The van der Waals surface area contributed by atoms with Crippen LogP contribution in [0.1, 0.15) is 11.3 Å². The van der Waals surface area contributed by atoms with E-state index in [0.29, 0.717) is 10.8 Å². The zero-order chi connectivity index (χ0) is 17.2. The zero-order valence-corrected chi connectivity index (χ0v) is 13.1. The highest BCUT2D eigenvalue weighted by Gasteiger charge is 2.31. The van der Waals surface area contributed by atoms with Crippen molar-refractivity contribution in [1.29, 1.82) is 0 Å². The van der Waals surface area contributed by atoms with Crippen molar-refractivity contribution in [3.63, 3.8) is 0 Å². The third kappa shape index (κ3) is 3.83. The molecule has 2 heterocycles. The number of rotatable bonds is 4. The number of para-hydroxylation sites is 1. The van der Waals surface area contributed by atoms with Crippen LogP contribution in [0.25, 0.3) is 0 Å². The first-order valence-electron chi connectivity index (χ1n) is 6.96. The lowest BCUT2D eigenvalue weighted by molar-refractivity contribution is -0.138. The van der Waals surface area contributed by atoms with Gasteiger partial charge in [0.1, 0.15) is 0 Å². The largest absolute Gasteiger partial charge is 0.417 e. The Kier molecular flexibility index (Phi) is 4.39. The number of anilines is 2. The minimum absolute atomic E-state index is 0.0181. The van der Waals surface area contributed by atoms with E-state index in [4.69, 9.17) is 0 Å². The molecule has 0 bridgehead atoms. The first-order valence-corrected chi connectivity index (χ1v) is 7.84. The van der Waals surface area contributed by atoms with E-state index in [0.717, 1.165) is 28.6 Å². The van der Waals surface area contributed by atoms with Crippen LogP contribution in [0.4, 0.5) is 24.0 Å². The van der Waals surface area contributed by atoms with Crippen LogP contribution < -0.4 is 10.9 Å². The van der Waals surface area contributed by atoms with Gasteiger partial charge in [0.05, 0.1) is 17.8 Å². The predicted octanol–water partition coefficient (Wildman–Crippen LogP) is 4.12. The van der Waals surface area contributed by atoms with E-state index >= 15 is 0 Å². The second kappa shape index (κ2) is 6.48. The quantitative estimate of drug-likeness (QED) is 0.769. The second-order valence-corrected chi connectivity index (χ2v) is 5.87. The van der Waals surface area contributed by atoms with Crippen LogP contribution in [0, 0.1) is 0 Å². The van der Waals surface area contributed by atoms with Gasteiger partial charge in [-0.15, -0.1) is 11.3 Å². The van der Waals surface area contributed by atoms with E-state index in [1.807, 2.05) is 30.3 Å². The molecule has 0 atom stereocenters. The van der Waals surface area contributed by atoms with Gasteiger partial charge in [-0.05, 0) is 18.2 Å². The Hall–Kier alpha value is -2.61. The standard InChI is InChI=1S/C16H12F3N3OS/c17-16(18,19)11-6-7-14(23)22(8-11)9-13-10-24-15(21-13)20-12-4-2-1-3-5-12/h1-8,10H,9H2,(H,20,21). The zero-order valence-electron chi connectivity index (χ0n) is 12.2. The van der Waals surface area contributed by atoms with Crippen LogP contribution >= 0.6 is 11.3 Å². The number of halogens is 3. The van der Waals surface area contributed by atoms with Crippen molar-refractivity contribution in [3.8, 4) is 0 Å². The van der Waals surface area contributed by atoms with Gasteiger partial charge >= 0.3 is 6.18 Å². The molecule has 4 nitrogen and oxygen atoms in total. The van der Waals surface area contributed by atoms with Gasteiger partial charge in [-0.25, -0.2) is 4.98 Å². The van der Waals surface area contributed by atoms with Gasteiger partial charge in [0.15, 0.2) is 5.13 Å². The molecule has 124 valence electrons.